The molecule has 0 bridgehead atoms. The quantitative estimate of drug-likeness (QED) is 0.856. The van der Waals surface area contributed by atoms with E-state index in [1.165, 1.54) is 6.42 Å². The molecule has 1 saturated carbocycles. The Hall–Kier alpha value is -0.280. The van der Waals surface area contributed by atoms with E-state index in [1.807, 2.05) is 0 Å². The van der Waals surface area contributed by atoms with Crippen molar-refractivity contribution in [1.82, 2.24) is 4.90 Å². The smallest absolute Gasteiger partial charge is 0.222 e. The molecule has 18 heavy (non-hydrogen) atoms. The average Bonchev–Trinajstić information content (AvgIpc) is 2.89. The predicted molar refractivity (Wildman–Crippen MR) is 76.7 cm³/mol. The Morgan fingerprint density at radius 3 is 2.50 bits per heavy atom. The molecule has 1 aliphatic carbocycles. The highest BCUT2D eigenvalue weighted by molar-refractivity contribution is 5.85. The fourth-order valence-electron chi connectivity index (χ4n) is 3.46. The topological polar surface area (TPSA) is 46.3 Å². The molecular weight excluding hydrogens is 248 g/mol. The molecule has 0 radical (unpaired) electrons. The minimum absolute atomic E-state index is 0. The van der Waals surface area contributed by atoms with Crippen LogP contribution in [0, 0.1) is 17.8 Å². The molecule has 1 aliphatic heterocycles. The Morgan fingerprint density at radius 1 is 1.28 bits per heavy atom. The SMILES string of the molecule is CCC(CC)CC(=O)N1CC2CCC(N)C2C1.Cl. The lowest BCUT2D eigenvalue weighted by molar-refractivity contribution is -0.131. The predicted octanol–water partition coefficient (Wildman–Crippen LogP) is 2.43. The number of hydrogen-bond donors (Lipinski definition) is 1. The minimum Gasteiger partial charge on any atom is -0.342 e. The van der Waals surface area contributed by atoms with Crippen LogP contribution in [0.15, 0.2) is 0 Å². The number of carbonyl (C=O) groups excluding carboxylic acids is 1. The van der Waals surface area contributed by atoms with Gasteiger partial charge in [-0.1, -0.05) is 26.7 Å². The van der Waals surface area contributed by atoms with Crippen molar-refractivity contribution in [3.8, 4) is 0 Å². The fraction of sp³-hybridized carbons (Fsp3) is 0.929. The Morgan fingerprint density at radius 2 is 1.94 bits per heavy atom. The molecule has 3 atom stereocenters. The molecule has 106 valence electrons. The van der Waals surface area contributed by atoms with Crippen molar-refractivity contribution in [2.75, 3.05) is 13.1 Å². The summed E-state index contributed by atoms with van der Waals surface area (Å²) in [7, 11) is 0. The molecule has 3 nitrogen and oxygen atoms in total. The first-order chi connectivity index (χ1) is 8.15. The van der Waals surface area contributed by atoms with Gasteiger partial charge in [0.25, 0.3) is 0 Å². The van der Waals surface area contributed by atoms with Crippen LogP contribution in [0.1, 0.15) is 46.0 Å². The monoisotopic (exact) mass is 274 g/mol. The van der Waals surface area contributed by atoms with Crippen LogP contribution in [0.4, 0.5) is 0 Å². The number of rotatable bonds is 4. The lowest BCUT2D eigenvalue weighted by Gasteiger charge is -2.21. The van der Waals surface area contributed by atoms with E-state index in [0.717, 1.165) is 38.8 Å². The second-order valence-electron chi connectivity index (χ2n) is 5.85. The van der Waals surface area contributed by atoms with Crippen molar-refractivity contribution in [2.45, 2.75) is 52.0 Å². The third-order valence-electron chi connectivity index (χ3n) is 4.88. The van der Waals surface area contributed by atoms with Gasteiger partial charge < -0.3 is 10.6 Å². The maximum absolute atomic E-state index is 12.2. The van der Waals surface area contributed by atoms with Crippen molar-refractivity contribution in [1.29, 1.82) is 0 Å². The van der Waals surface area contributed by atoms with Crippen LogP contribution in [-0.2, 0) is 4.79 Å². The third-order valence-corrected chi connectivity index (χ3v) is 4.88. The first kappa shape index (κ1) is 15.8. The highest BCUT2D eigenvalue weighted by Crippen LogP contribution is 2.37. The largest absolute Gasteiger partial charge is 0.342 e. The number of nitrogens with two attached hydrogens (primary N) is 1. The molecular formula is C14H27ClN2O. The molecule has 2 aliphatic rings. The van der Waals surface area contributed by atoms with Gasteiger partial charge in [-0.25, -0.2) is 0 Å². The zero-order valence-corrected chi connectivity index (χ0v) is 12.4. The number of amides is 1. The van der Waals surface area contributed by atoms with Gasteiger partial charge >= 0.3 is 0 Å². The number of fused-ring (bicyclic) bond motifs is 1. The van der Waals surface area contributed by atoms with Gasteiger partial charge in [0.15, 0.2) is 0 Å². The van der Waals surface area contributed by atoms with E-state index in [1.54, 1.807) is 0 Å². The van der Waals surface area contributed by atoms with Gasteiger partial charge in [0.1, 0.15) is 0 Å². The second kappa shape index (κ2) is 6.76. The van der Waals surface area contributed by atoms with Crippen LogP contribution in [0.3, 0.4) is 0 Å². The molecule has 0 aromatic rings. The zero-order chi connectivity index (χ0) is 12.4. The summed E-state index contributed by atoms with van der Waals surface area (Å²) >= 11 is 0. The summed E-state index contributed by atoms with van der Waals surface area (Å²) in [5.41, 5.74) is 6.10. The first-order valence-electron chi connectivity index (χ1n) is 7.19. The van der Waals surface area contributed by atoms with E-state index in [9.17, 15) is 4.79 Å². The maximum Gasteiger partial charge on any atom is 0.222 e. The zero-order valence-electron chi connectivity index (χ0n) is 11.6. The molecule has 2 fully saturated rings. The number of hydrogen-bond acceptors (Lipinski definition) is 2. The van der Waals surface area contributed by atoms with Crippen LogP contribution in [-0.4, -0.2) is 29.9 Å². The average molecular weight is 275 g/mol. The van der Waals surface area contributed by atoms with Gasteiger partial charge in [-0.2, -0.15) is 0 Å². The summed E-state index contributed by atoms with van der Waals surface area (Å²) in [5, 5.41) is 0. The molecule has 2 rings (SSSR count). The molecule has 1 amide bonds. The fourth-order valence-corrected chi connectivity index (χ4v) is 3.46. The van der Waals surface area contributed by atoms with Gasteiger partial charge in [0, 0.05) is 25.6 Å². The van der Waals surface area contributed by atoms with Crippen LogP contribution >= 0.6 is 12.4 Å². The summed E-state index contributed by atoms with van der Waals surface area (Å²) in [6, 6.07) is 0.339. The third kappa shape index (κ3) is 3.18. The Bertz CT molecular complexity index is 281. The highest BCUT2D eigenvalue weighted by atomic mass is 35.5. The van der Waals surface area contributed by atoms with Gasteiger partial charge in [0.05, 0.1) is 0 Å². The van der Waals surface area contributed by atoms with E-state index in [4.69, 9.17) is 5.73 Å². The molecule has 0 spiro atoms. The van der Waals surface area contributed by atoms with Crippen molar-refractivity contribution >= 4 is 18.3 Å². The van der Waals surface area contributed by atoms with Crippen LogP contribution < -0.4 is 5.73 Å². The first-order valence-corrected chi connectivity index (χ1v) is 7.19. The Balaban J connectivity index is 0.00000162. The Labute approximate surface area is 117 Å². The van der Waals surface area contributed by atoms with E-state index in [2.05, 4.69) is 18.7 Å². The van der Waals surface area contributed by atoms with Gasteiger partial charge in [-0.05, 0) is 30.6 Å². The van der Waals surface area contributed by atoms with E-state index >= 15 is 0 Å². The molecule has 2 N–H and O–H groups in total. The summed E-state index contributed by atoms with van der Waals surface area (Å²) < 4.78 is 0. The van der Waals surface area contributed by atoms with Gasteiger partial charge in [-0.15, -0.1) is 12.4 Å². The normalized spacial score (nSPS) is 30.4. The van der Waals surface area contributed by atoms with Crippen molar-refractivity contribution in [2.24, 2.45) is 23.5 Å². The Kier molecular flexibility index (Phi) is 5.93. The van der Waals surface area contributed by atoms with E-state index in [-0.39, 0.29) is 12.4 Å². The van der Waals surface area contributed by atoms with Gasteiger partial charge in [-0.3, -0.25) is 4.79 Å². The van der Waals surface area contributed by atoms with Crippen molar-refractivity contribution in [3.05, 3.63) is 0 Å². The van der Waals surface area contributed by atoms with E-state index < -0.39 is 0 Å². The van der Waals surface area contributed by atoms with Gasteiger partial charge in [0.2, 0.25) is 5.91 Å². The van der Waals surface area contributed by atoms with Crippen molar-refractivity contribution in [3.63, 3.8) is 0 Å². The summed E-state index contributed by atoms with van der Waals surface area (Å²) in [6.45, 7) is 6.24. The molecule has 0 aromatic carbocycles. The number of carbonyl (C=O) groups is 1. The number of nitrogens with zero attached hydrogens (tertiary/aromatic N) is 1. The minimum atomic E-state index is 0. The number of halogens is 1. The molecule has 0 aromatic heterocycles. The van der Waals surface area contributed by atoms with Crippen LogP contribution in [0.2, 0.25) is 0 Å². The summed E-state index contributed by atoms with van der Waals surface area (Å²) in [4.78, 5) is 14.3. The molecule has 4 heteroatoms. The van der Waals surface area contributed by atoms with E-state index in [0.29, 0.717) is 29.7 Å². The highest BCUT2D eigenvalue weighted by Gasteiger charge is 2.42. The standard InChI is InChI=1S/C14H26N2O.ClH/c1-3-10(4-2)7-14(17)16-8-11-5-6-13(15)12(11)9-16;/h10-13H,3-9,15H2,1-2H3;1H. The summed E-state index contributed by atoms with van der Waals surface area (Å²) in [5.74, 6) is 2.20. The summed E-state index contributed by atoms with van der Waals surface area (Å²) in [6.07, 6.45) is 5.34. The number of likely N-dealkylation sites (tertiary alicyclic amines) is 1. The molecule has 3 unspecified atom stereocenters. The second-order valence-corrected chi connectivity index (χ2v) is 5.85. The van der Waals surface area contributed by atoms with Crippen LogP contribution in [0.25, 0.3) is 0 Å². The maximum atomic E-state index is 12.2. The van der Waals surface area contributed by atoms with Crippen LogP contribution in [0.5, 0.6) is 0 Å². The molecule has 1 heterocycles. The molecule has 1 saturated heterocycles. The lowest BCUT2D eigenvalue weighted by Crippen LogP contribution is -2.34. The lowest BCUT2D eigenvalue weighted by atomic mass is 9.98. The van der Waals surface area contributed by atoms with Crippen molar-refractivity contribution < 1.29 is 4.79 Å².